The minimum atomic E-state index is -3.82. The lowest BCUT2D eigenvalue weighted by molar-refractivity contribution is -0.146. The van der Waals surface area contributed by atoms with Crippen molar-refractivity contribution in [1.82, 2.24) is 10.6 Å². The zero-order chi connectivity index (χ0) is 23.6. The molecule has 3 N–H and O–H groups in total. The normalized spacial score (nSPS) is 19.1. The van der Waals surface area contributed by atoms with Crippen molar-refractivity contribution in [3.8, 4) is 11.1 Å². The number of halogens is 2. The molecule has 0 atom stereocenters. The first-order chi connectivity index (χ1) is 15.7. The van der Waals surface area contributed by atoms with E-state index < -0.39 is 36.5 Å². The van der Waals surface area contributed by atoms with Gasteiger partial charge in [0, 0.05) is 18.4 Å². The Morgan fingerprint density at radius 1 is 1.00 bits per heavy atom. The molecule has 0 heterocycles. The predicted octanol–water partition coefficient (Wildman–Crippen LogP) is 3.53. The Kier molecular flexibility index (Phi) is 6.31. The van der Waals surface area contributed by atoms with Crippen LogP contribution in [-0.4, -0.2) is 48.2 Å². The van der Waals surface area contributed by atoms with E-state index in [1.54, 1.807) is 0 Å². The lowest BCUT2D eigenvalue weighted by Gasteiger charge is -2.35. The molecule has 2 amide bonds. The van der Waals surface area contributed by atoms with Gasteiger partial charge in [-0.3, -0.25) is 9.59 Å². The molecule has 2 aromatic rings. The summed E-state index contributed by atoms with van der Waals surface area (Å²) < 4.78 is 33.5. The molecule has 2 aliphatic carbocycles. The van der Waals surface area contributed by atoms with E-state index in [9.17, 15) is 23.2 Å². The van der Waals surface area contributed by atoms with Gasteiger partial charge in [0.1, 0.15) is 6.61 Å². The Hall–Kier alpha value is -3.49. The number of alkyl halides is 2. The Morgan fingerprint density at radius 2 is 1.58 bits per heavy atom. The number of fused-ring (bicyclic) bond motifs is 3. The summed E-state index contributed by atoms with van der Waals surface area (Å²) in [5.74, 6) is -6.60. The van der Waals surface area contributed by atoms with Crippen LogP contribution in [0.5, 0.6) is 0 Å². The highest BCUT2D eigenvalue weighted by Crippen LogP contribution is 2.44. The van der Waals surface area contributed by atoms with Gasteiger partial charge in [0.2, 0.25) is 0 Å². The average Bonchev–Trinajstić information content (AvgIpc) is 3.08. The summed E-state index contributed by atoms with van der Waals surface area (Å²) >= 11 is 0. The van der Waals surface area contributed by atoms with Crippen LogP contribution < -0.4 is 10.6 Å². The number of carboxylic acids is 1. The van der Waals surface area contributed by atoms with Crippen molar-refractivity contribution in [1.29, 1.82) is 0 Å². The second-order valence-corrected chi connectivity index (χ2v) is 8.49. The maximum atomic E-state index is 14.2. The molecule has 0 radical (unpaired) electrons. The van der Waals surface area contributed by atoms with Gasteiger partial charge in [-0.1, -0.05) is 48.5 Å². The van der Waals surface area contributed by atoms with E-state index >= 15 is 0 Å². The van der Waals surface area contributed by atoms with Gasteiger partial charge in [-0.05, 0) is 41.0 Å². The van der Waals surface area contributed by atoms with Crippen molar-refractivity contribution in [2.45, 2.75) is 37.1 Å². The van der Waals surface area contributed by atoms with E-state index in [1.807, 2.05) is 53.8 Å². The van der Waals surface area contributed by atoms with E-state index in [0.29, 0.717) is 12.8 Å². The van der Waals surface area contributed by atoms with Gasteiger partial charge < -0.3 is 20.5 Å². The fourth-order valence-corrected chi connectivity index (χ4v) is 4.47. The molecular formula is C24H24F2N2O5. The number of carbonyl (C=O) groups is 3. The second-order valence-electron chi connectivity index (χ2n) is 8.49. The molecule has 0 aliphatic heterocycles. The molecule has 33 heavy (non-hydrogen) atoms. The molecule has 2 aliphatic rings. The maximum Gasteiger partial charge on any atom is 0.407 e. The van der Waals surface area contributed by atoms with Crippen LogP contribution in [0.25, 0.3) is 11.1 Å². The van der Waals surface area contributed by atoms with E-state index in [0.717, 1.165) is 22.3 Å². The molecule has 1 saturated carbocycles. The van der Waals surface area contributed by atoms with Crippen molar-refractivity contribution in [2.24, 2.45) is 5.92 Å². The van der Waals surface area contributed by atoms with Crippen LogP contribution in [0.4, 0.5) is 13.6 Å². The molecule has 174 valence electrons. The van der Waals surface area contributed by atoms with E-state index in [-0.39, 0.29) is 24.9 Å². The Balaban J connectivity index is 1.26. The summed E-state index contributed by atoms with van der Waals surface area (Å²) in [6.07, 6.45) is -0.400. The van der Waals surface area contributed by atoms with Crippen LogP contribution in [0.1, 0.15) is 36.3 Å². The molecule has 0 spiro atoms. The number of carbonyl (C=O) groups excluding carboxylic acids is 2. The van der Waals surface area contributed by atoms with Gasteiger partial charge in [-0.15, -0.1) is 0 Å². The predicted molar refractivity (Wildman–Crippen MR) is 115 cm³/mol. The third kappa shape index (κ3) is 4.97. The summed E-state index contributed by atoms with van der Waals surface area (Å²) in [7, 11) is 0. The van der Waals surface area contributed by atoms with Gasteiger partial charge in [-0.2, -0.15) is 8.78 Å². The summed E-state index contributed by atoms with van der Waals surface area (Å²) in [6.45, 7) is -1.22. The van der Waals surface area contributed by atoms with Crippen molar-refractivity contribution >= 4 is 18.0 Å². The van der Waals surface area contributed by atoms with Crippen molar-refractivity contribution in [2.75, 3.05) is 13.2 Å². The Morgan fingerprint density at radius 3 is 2.15 bits per heavy atom. The quantitative estimate of drug-likeness (QED) is 0.561. The first-order valence-corrected chi connectivity index (χ1v) is 10.7. The van der Waals surface area contributed by atoms with Crippen LogP contribution in [0.15, 0.2) is 48.5 Å². The number of carboxylic acid groups (broad SMARTS) is 1. The standard InChI is InChI=1S/C24H24F2N2O5/c25-24(26,22(31)28-15-9-14(10-15)11-21(29)30)13-27-23(32)33-12-20-18-7-3-1-5-16(18)17-6-2-4-8-19(17)20/h1-8,14-15,20H,9-13H2,(H,27,32)(H,28,31)(H,29,30). The summed E-state index contributed by atoms with van der Waals surface area (Å²) in [5.41, 5.74) is 4.09. The molecule has 0 unspecified atom stereocenters. The number of aliphatic carboxylic acids is 1. The number of hydrogen-bond acceptors (Lipinski definition) is 4. The highest BCUT2D eigenvalue weighted by Gasteiger charge is 2.42. The van der Waals surface area contributed by atoms with Gasteiger partial charge >= 0.3 is 18.0 Å². The fraction of sp³-hybridized carbons (Fsp3) is 0.375. The van der Waals surface area contributed by atoms with E-state index in [4.69, 9.17) is 9.84 Å². The monoisotopic (exact) mass is 458 g/mol. The first-order valence-electron chi connectivity index (χ1n) is 10.7. The Labute approximate surface area is 189 Å². The van der Waals surface area contributed by atoms with Crippen molar-refractivity contribution in [3.63, 3.8) is 0 Å². The zero-order valence-electron chi connectivity index (χ0n) is 17.7. The molecule has 0 saturated heterocycles. The summed E-state index contributed by atoms with van der Waals surface area (Å²) in [4.78, 5) is 34.6. The first kappa shape index (κ1) is 22.7. The third-order valence-corrected chi connectivity index (χ3v) is 6.16. The van der Waals surface area contributed by atoms with E-state index in [2.05, 4.69) is 5.32 Å². The molecule has 1 fully saturated rings. The van der Waals surface area contributed by atoms with E-state index in [1.165, 1.54) is 0 Å². The number of ether oxygens (including phenoxy) is 1. The lowest BCUT2D eigenvalue weighted by Crippen LogP contribution is -2.54. The Bertz CT molecular complexity index is 1020. The number of amides is 2. The van der Waals surface area contributed by atoms with Gasteiger partial charge in [0.15, 0.2) is 0 Å². The largest absolute Gasteiger partial charge is 0.481 e. The van der Waals surface area contributed by atoms with Crippen molar-refractivity contribution in [3.05, 3.63) is 59.7 Å². The summed E-state index contributed by atoms with van der Waals surface area (Å²) in [5, 5.41) is 12.9. The molecular weight excluding hydrogens is 434 g/mol. The molecule has 0 bridgehead atoms. The third-order valence-electron chi connectivity index (χ3n) is 6.16. The number of hydrogen-bond donors (Lipinski definition) is 3. The maximum absolute atomic E-state index is 14.2. The average molecular weight is 458 g/mol. The smallest absolute Gasteiger partial charge is 0.407 e. The number of alkyl carbamates (subject to hydrolysis) is 1. The number of rotatable bonds is 8. The second kappa shape index (κ2) is 9.17. The highest BCUT2D eigenvalue weighted by molar-refractivity contribution is 5.84. The molecule has 7 nitrogen and oxygen atoms in total. The number of nitrogens with one attached hydrogen (secondary N) is 2. The minimum Gasteiger partial charge on any atom is -0.481 e. The highest BCUT2D eigenvalue weighted by atomic mass is 19.3. The lowest BCUT2D eigenvalue weighted by atomic mass is 9.78. The topological polar surface area (TPSA) is 105 Å². The summed E-state index contributed by atoms with van der Waals surface area (Å²) in [6, 6.07) is 15.0. The molecule has 0 aromatic heterocycles. The van der Waals surface area contributed by atoms with Gasteiger partial charge in [0.25, 0.3) is 5.91 Å². The molecule has 4 rings (SSSR count). The minimum absolute atomic E-state index is 0.0231. The number of benzene rings is 2. The van der Waals surface area contributed by atoms with Gasteiger partial charge in [-0.25, -0.2) is 4.79 Å². The molecule has 2 aromatic carbocycles. The van der Waals surface area contributed by atoms with Crippen LogP contribution in [0, 0.1) is 5.92 Å². The zero-order valence-corrected chi connectivity index (χ0v) is 17.7. The van der Waals surface area contributed by atoms with Crippen molar-refractivity contribution < 1.29 is 33.0 Å². The SMILES string of the molecule is O=C(O)CC1CC(NC(=O)C(F)(F)CNC(=O)OCC2c3ccccc3-c3ccccc32)C1. The van der Waals surface area contributed by atoms with Crippen LogP contribution >= 0.6 is 0 Å². The molecule has 9 heteroatoms. The fourth-order valence-electron chi connectivity index (χ4n) is 4.47. The van der Waals surface area contributed by atoms with Crippen LogP contribution in [-0.2, 0) is 14.3 Å². The van der Waals surface area contributed by atoms with Gasteiger partial charge in [0.05, 0.1) is 6.54 Å². The van der Waals surface area contributed by atoms with Crippen LogP contribution in [0.3, 0.4) is 0 Å². The van der Waals surface area contributed by atoms with Crippen LogP contribution in [0.2, 0.25) is 0 Å².